The third-order valence-electron chi connectivity index (χ3n) is 4.57. The number of anilines is 2. The lowest BCUT2D eigenvalue weighted by Crippen LogP contribution is -2.16. The number of carbonyl (C=O) groups excluding carboxylic acids is 1. The molecular weight excluding hydrogens is 431 g/mol. The van der Waals surface area contributed by atoms with Crippen molar-refractivity contribution in [3.05, 3.63) is 82.8 Å². The number of alkyl halides is 3. The maximum Gasteiger partial charge on any atom is 0.416 e. The van der Waals surface area contributed by atoms with Crippen molar-refractivity contribution >= 4 is 40.0 Å². The standard InChI is InChI=1S/C21H15ClF3N5O/c22-14-9-17(20(31)30-15-3-1-13(2-4-15)21(23,24)25)19(29-11-14)28-10-12-5-7-26-18-16(12)6-8-27-18/h1-9,11H,10H2,(H,26,27)(H,28,29)(H,30,31). The molecular formula is C21H15ClF3N5O. The summed E-state index contributed by atoms with van der Waals surface area (Å²) in [5, 5.41) is 6.86. The highest BCUT2D eigenvalue weighted by Crippen LogP contribution is 2.30. The monoisotopic (exact) mass is 445 g/mol. The van der Waals surface area contributed by atoms with Crippen molar-refractivity contribution in [3.63, 3.8) is 0 Å². The average Bonchev–Trinajstić information content (AvgIpc) is 3.22. The summed E-state index contributed by atoms with van der Waals surface area (Å²) in [6.07, 6.45) is 0.402. The van der Waals surface area contributed by atoms with E-state index >= 15 is 0 Å². The van der Waals surface area contributed by atoms with E-state index in [0.717, 1.165) is 28.7 Å². The van der Waals surface area contributed by atoms with Gasteiger partial charge in [-0.1, -0.05) is 11.6 Å². The van der Waals surface area contributed by atoms with E-state index in [2.05, 4.69) is 25.6 Å². The van der Waals surface area contributed by atoms with E-state index in [1.54, 1.807) is 12.4 Å². The van der Waals surface area contributed by atoms with Crippen molar-refractivity contribution in [1.82, 2.24) is 15.0 Å². The predicted octanol–water partition coefficient (Wildman–Crippen LogP) is 5.49. The molecule has 0 aliphatic heterocycles. The molecule has 3 heterocycles. The number of benzene rings is 1. The van der Waals surface area contributed by atoms with Crippen LogP contribution in [0.4, 0.5) is 24.7 Å². The lowest BCUT2D eigenvalue weighted by Gasteiger charge is -2.13. The number of hydrogen-bond acceptors (Lipinski definition) is 4. The summed E-state index contributed by atoms with van der Waals surface area (Å²) in [4.78, 5) is 24.2. The SMILES string of the molecule is O=C(Nc1ccc(C(F)(F)F)cc1)c1cc(Cl)cnc1NCc1ccnc2[nH]ccc12. The number of rotatable bonds is 5. The summed E-state index contributed by atoms with van der Waals surface area (Å²) < 4.78 is 38.2. The number of nitrogens with zero attached hydrogens (tertiary/aromatic N) is 2. The highest BCUT2D eigenvalue weighted by molar-refractivity contribution is 6.31. The Morgan fingerprint density at radius 2 is 1.87 bits per heavy atom. The molecule has 0 aliphatic carbocycles. The first-order chi connectivity index (χ1) is 14.8. The summed E-state index contributed by atoms with van der Waals surface area (Å²) in [6, 6.07) is 9.35. The fraction of sp³-hybridized carbons (Fsp3) is 0.0952. The highest BCUT2D eigenvalue weighted by Gasteiger charge is 2.30. The third kappa shape index (κ3) is 4.61. The van der Waals surface area contributed by atoms with Gasteiger partial charge in [0.25, 0.3) is 5.91 Å². The molecule has 0 saturated carbocycles. The molecule has 0 fully saturated rings. The minimum atomic E-state index is -4.45. The zero-order valence-corrected chi connectivity index (χ0v) is 16.6. The van der Waals surface area contributed by atoms with Crippen LogP contribution in [-0.4, -0.2) is 20.9 Å². The molecule has 10 heteroatoms. The van der Waals surface area contributed by atoms with Crippen molar-refractivity contribution in [3.8, 4) is 0 Å². The molecule has 3 aromatic heterocycles. The molecule has 0 aliphatic rings. The molecule has 0 spiro atoms. The van der Waals surface area contributed by atoms with Crippen LogP contribution in [0.25, 0.3) is 11.0 Å². The van der Waals surface area contributed by atoms with Gasteiger partial charge in [-0.3, -0.25) is 4.79 Å². The number of H-pyrrole nitrogens is 1. The third-order valence-corrected chi connectivity index (χ3v) is 4.77. The predicted molar refractivity (Wildman–Crippen MR) is 112 cm³/mol. The van der Waals surface area contributed by atoms with Crippen molar-refractivity contribution in [2.75, 3.05) is 10.6 Å². The molecule has 0 atom stereocenters. The quantitative estimate of drug-likeness (QED) is 0.379. The average molecular weight is 446 g/mol. The van der Waals surface area contributed by atoms with Crippen LogP contribution in [0.15, 0.2) is 61.1 Å². The summed E-state index contributed by atoms with van der Waals surface area (Å²) in [5.41, 5.74) is 1.25. The van der Waals surface area contributed by atoms with Crippen molar-refractivity contribution in [2.45, 2.75) is 12.7 Å². The maximum atomic E-state index is 12.8. The Kier molecular flexibility index (Phi) is 5.51. The molecule has 31 heavy (non-hydrogen) atoms. The van der Waals surface area contributed by atoms with Gasteiger partial charge in [-0.15, -0.1) is 0 Å². The number of halogens is 4. The highest BCUT2D eigenvalue weighted by atomic mass is 35.5. The van der Waals surface area contributed by atoms with Gasteiger partial charge in [-0.05, 0) is 48.0 Å². The van der Waals surface area contributed by atoms with Crippen LogP contribution in [0.5, 0.6) is 0 Å². The van der Waals surface area contributed by atoms with Crippen LogP contribution >= 0.6 is 11.6 Å². The molecule has 0 saturated heterocycles. The van der Waals surface area contributed by atoms with Crippen LogP contribution in [0, 0.1) is 0 Å². The molecule has 158 valence electrons. The first-order valence-corrected chi connectivity index (χ1v) is 9.48. The van der Waals surface area contributed by atoms with E-state index in [9.17, 15) is 18.0 Å². The van der Waals surface area contributed by atoms with Gasteiger partial charge in [0.05, 0.1) is 16.1 Å². The zero-order valence-electron chi connectivity index (χ0n) is 15.8. The molecule has 0 bridgehead atoms. The summed E-state index contributed by atoms with van der Waals surface area (Å²) >= 11 is 6.01. The second-order valence-electron chi connectivity index (χ2n) is 6.64. The van der Waals surface area contributed by atoms with Gasteiger partial charge in [0.15, 0.2) is 0 Å². The molecule has 1 aromatic carbocycles. The Balaban J connectivity index is 1.53. The van der Waals surface area contributed by atoms with Gasteiger partial charge in [-0.2, -0.15) is 13.2 Å². The minimum Gasteiger partial charge on any atom is -0.365 e. The second kappa shape index (κ2) is 8.27. The topological polar surface area (TPSA) is 82.7 Å². The fourth-order valence-corrected chi connectivity index (χ4v) is 3.20. The summed E-state index contributed by atoms with van der Waals surface area (Å²) in [5.74, 6) is -0.270. The first-order valence-electron chi connectivity index (χ1n) is 9.10. The number of nitrogens with one attached hydrogen (secondary N) is 3. The normalized spacial score (nSPS) is 11.5. The zero-order chi connectivity index (χ0) is 22.0. The van der Waals surface area contributed by atoms with Gasteiger partial charge in [-0.25, -0.2) is 9.97 Å². The van der Waals surface area contributed by atoms with Crippen molar-refractivity contribution < 1.29 is 18.0 Å². The lowest BCUT2D eigenvalue weighted by atomic mass is 10.1. The number of fused-ring (bicyclic) bond motifs is 1. The summed E-state index contributed by atoms with van der Waals surface area (Å²) in [6.45, 7) is 0.367. The Hall–Kier alpha value is -3.59. The van der Waals surface area contributed by atoms with E-state index in [1.165, 1.54) is 24.4 Å². The number of hydrogen-bond donors (Lipinski definition) is 3. The molecule has 1 amide bonds. The second-order valence-corrected chi connectivity index (χ2v) is 7.08. The van der Waals surface area contributed by atoms with Crippen LogP contribution in [-0.2, 0) is 12.7 Å². The number of amides is 1. The Morgan fingerprint density at radius 3 is 2.61 bits per heavy atom. The van der Waals surface area contributed by atoms with Gasteiger partial charge >= 0.3 is 6.18 Å². The van der Waals surface area contributed by atoms with E-state index in [-0.39, 0.29) is 22.1 Å². The van der Waals surface area contributed by atoms with Crippen LogP contribution in [0.1, 0.15) is 21.5 Å². The van der Waals surface area contributed by atoms with Gasteiger partial charge in [0, 0.05) is 36.2 Å². The first kappa shape index (κ1) is 20.7. The number of pyridine rings is 2. The maximum absolute atomic E-state index is 12.8. The molecule has 6 nitrogen and oxygen atoms in total. The van der Waals surface area contributed by atoms with Crippen LogP contribution < -0.4 is 10.6 Å². The fourth-order valence-electron chi connectivity index (χ4n) is 3.05. The van der Waals surface area contributed by atoms with Crippen LogP contribution in [0.2, 0.25) is 5.02 Å². The summed E-state index contributed by atoms with van der Waals surface area (Å²) in [7, 11) is 0. The Labute approximate surface area is 179 Å². The molecule has 0 radical (unpaired) electrons. The molecule has 4 aromatic rings. The largest absolute Gasteiger partial charge is 0.416 e. The minimum absolute atomic E-state index is 0.159. The van der Waals surface area contributed by atoms with Gasteiger partial charge in [0.1, 0.15) is 11.5 Å². The van der Waals surface area contributed by atoms with Crippen molar-refractivity contribution in [1.29, 1.82) is 0 Å². The molecule has 3 N–H and O–H groups in total. The van der Waals surface area contributed by atoms with E-state index in [0.29, 0.717) is 6.54 Å². The molecule has 0 unspecified atom stereocenters. The smallest absolute Gasteiger partial charge is 0.365 e. The lowest BCUT2D eigenvalue weighted by molar-refractivity contribution is -0.137. The van der Waals surface area contributed by atoms with E-state index < -0.39 is 17.6 Å². The van der Waals surface area contributed by atoms with Crippen LogP contribution in [0.3, 0.4) is 0 Å². The van der Waals surface area contributed by atoms with Crippen molar-refractivity contribution in [2.24, 2.45) is 0 Å². The van der Waals surface area contributed by atoms with Gasteiger partial charge < -0.3 is 15.6 Å². The molecule has 4 rings (SSSR count). The van der Waals surface area contributed by atoms with E-state index in [1.807, 2.05) is 12.1 Å². The van der Waals surface area contributed by atoms with E-state index in [4.69, 9.17) is 11.6 Å². The number of aromatic nitrogens is 3. The van der Waals surface area contributed by atoms with Gasteiger partial charge in [0.2, 0.25) is 0 Å². The number of carbonyl (C=O) groups is 1. The number of aromatic amines is 1. The Bertz CT molecular complexity index is 1240. The Morgan fingerprint density at radius 1 is 1.10 bits per heavy atom.